The molecular formula is C10H17N3O. The van der Waals surface area contributed by atoms with Crippen LogP contribution in [-0.4, -0.2) is 21.4 Å². The van der Waals surface area contributed by atoms with Crippen LogP contribution in [0.2, 0.25) is 0 Å². The van der Waals surface area contributed by atoms with Crippen LogP contribution in [0.25, 0.3) is 0 Å². The third-order valence-corrected chi connectivity index (χ3v) is 2.97. The molecule has 0 fully saturated rings. The topological polar surface area (TPSA) is 64.1 Å². The van der Waals surface area contributed by atoms with E-state index in [9.17, 15) is 5.11 Å². The number of nitrogens with zero attached hydrogens (tertiary/aromatic N) is 2. The van der Waals surface area contributed by atoms with Gasteiger partial charge in [-0.1, -0.05) is 0 Å². The molecule has 1 atom stereocenters. The maximum atomic E-state index is 10.4. The number of rotatable bonds is 2. The minimum Gasteiger partial charge on any atom is -0.385 e. The van der Waals surface area contributed by atoms with Crippen LogP contribution >= 0.6 is 0 Å². The van der Waals surface area contributed by atoms with E-state index in [1.54, 1.807) is 4.68 Å². The molecule has 1 aromatic heterocycles. The van der Waals surface area contributed by atoms with Crippen molar-refractivity contribution < 1.29 is 5.11 Å². The van der Waals surface area contributed by atoms with E-state index in [1.807, 2.05) is 13.2 Å². The van der Waals surface area contributed by atoms with Crippen LogP contribution in [0.1, 0.15) is 30.5 Å². The number of aryl methyl sites for hydroxylation is 2. The Morgan fingerprint density at radius 3 is 3.21 bits per heavy atom. The molecule has 0 aliphatic heterocycles. The highest BCUT2D eigenvalue weighted by molar-refractivity contribution is 5.27. The molecule has 0 radical (unpaired) electrons. The first-order valence-electron chi connectivity index (χ1n) is 5.11. The van der Waals surface area contributed by atoms with Gasteiger partial charge in [-0.25, -0.2) is 0 Å². The molecule has 3 N–H and O–H groups in total. The van der Waals surface area contributed by atoms with E-state index >= 15 is 0 Å². The molecule has 78 valence electrons. The average molecular weight is 195 g/mol. The van der Waals surface area contributed by atoms with Gasteiger partial charge >= 0.3 is 0 Å². The Bertz CT molecular complexity index is 334. The summed E-state index contributed by atoms with van der Waals surface area (Å²) >= 11 is 0. The van der Waals surface area contributed by atoms with Gasteiger partial charge in [-0.15, -0.1) is 0 Å². The first kappa shape index (κ1) is 9.68. The number of fused-ring (bicyclic) bond motifs is 1. The second-order valence-corrected chi connectivity index (χ2v) is 4.09. The normalized spacial score (nSPS) is 26.2. The highest BCUT2D eigenvalue weighted by Gasteiger charge is 2.35. The van der Waals surface area contributed by atoms with Gasteiger partial charge in [-0.2, -0.15) is 5.10 Å². The van der Waals surface area contributed by atoms with Crippen LogP contribution in [0, 0.1) is 0 Å². The summed E-state index contributed by atoms with van der Waals surface area (Å²) in [6.07, 6.45) is 5.34. The predicted octanol–water partition coefficient (Wildman–Crippen LogP) is 0.293. The molecule has 1 aromatic rings. The SMILES string of the molecule is Cn1cc2c(n1)CCCC2(O)CCN. The van der Waals surface area contributed by atoms with Gasteiger partial charge in [0.15, 0.2) is 0 Å². The van der Waals surface area contributed by atoms with E-state index in [0.29, 0.717) is 13.0 Å². The molecule has 14 heavy (non-hydrogen) atoms. The number of aromatic nitrogens is 2. The lowest BCUT2D eigenvalue weighted by Gasteiger charge is -2.31. The molecule has 1 unspecified atom stereocenters. The zero-order valence-corrected chi connectivity index (χ0v) is 8.53. The van der Waals surface area contributed by atoms with Crippen molar-refractivity contribution in [3.63, 3.8) is 0 Å². The fraction of sp³-hybridized carbons (Fsp3) is 0.700. The monoisotopic (exact) mass is 195 g/mol. The van der Waals surface area contributed by atoms with Crippen LogP contribution in [0.15, 0.2) is 6.20 Å². The lowest BCUT2D eigenvalue weighted by atomic mass is 9.80. The molecule has 4 nitrogen and oxygen atoms in total. The van der Waals surface area contributed by atoms with Crippen molar-refractivity contribution in [3.05, 3.63) is 17.5 Å². The number of hydrogen-bond acceptors (Lipinski definition) is 3. The molecule has 4 heteroatoms. The quantitative estimate of drug-likeness (QED) is 0.713. The molecule has 0 saturated heterocycles. The smallest absolute Gasteiger partial charge is 0.0941 e. The standard InChI is InChI=1S/C10H17N3O/c1-13-7-8-9(12-13)3-2-4-10(8,14)5-6-11/h7,14H,2-6,11H2,1H3. The maximum absolute atomic E-state index is 10.4. The van der Waals surface area contributed by atoms with Crippen LogP contribution in [-0.2, 0) is 19.1 Å². The van der Waals surface area contributed by atoms with Crippen LogP contribution < -0.4 is 5.73 Å². The van der Waals surface area contributed by atoms with Gasteiger partial charge in [-0.05, 0) is 32.2 Å². The molecule has 2 rings (SSSR count). The van der Waals surface area contributed by atoms with Crippen molar-refractivity contribution in [1.82, 2.24) is 9.78 Å². The number of nitrogens with two attached hydrogens (primary N) is 1. The Labute approximate surface area is 83.7 Å². The van der Waals surface area contributed by atoms with Gasteiger partial charge in [-0.3, -0.25) is 4.68 Å². The summed E-state index contributed by atoms with van der Waals surface area (Å²) in [5.74, 6) is 0. The molecule has 0 aromatic carbocycles. The Kier molecular flexibility index (Phi) is 2.33. The molecule has 0 bridgehead atoms. The Hall–Kier alpha value is -0.870. The van der Waals surface area contributed by atoms with Gasteiger partial charge in [0, 0.05) is 18.8 Å². The first-order chi connectivity index (χ1) is 6.65. The van der Waals surface area contributed by atoms with Crippen molar-refractivity contribution in [3.8, 4) is 0 Å². The third kappa shape index (κ3) is 1.44. The van der Waals surface area contributed by atoms with Crippen molar-refractivity contribution in [1.29, 1.82) is 0 Å². The minimum absolute atomic E-state index is 0.519. The zero-order valence-electron chi connectivity index (χ0n) is 8.53. The van der Waals surface area contributed by atoms with Crippen LogP contribution in [0.4, 0.5) is 0 Å². The minimum atomic E-state index is -0.726. The number of hydrogen-bond donors (Lipinski definition) is 2. The van der Waals surface area contributed by atoms with Gasteiger partial charge in [0.25, 0.3) is 0 Å². The fourth-order valence-corrected chi connectivity index (χ4v) is 2.29. The molecule has 1 heterocycles. The Morgan fingerprint density at radius 2 is 2.50 bits per heavy atom. The van der Waals surface area contributed by atoms with Gasteiger partial charge < -0.3 is 10.8 Å². The van der Waals surface area contributed by atoms with Crippen molar-refractivity contribution in [2.45, 2.75) is 31.3 Å². The average Bonchev–Trinajstić information content (AvgIpc) is 2.48. The predicted molar refractivity (Wildman–Crippen MR) is 53.7 cm³/mol. The molecular weight excluding hydrogens is 178 g/mol. The number of aliphatic hydroxyl groups is 1. The Morgan fingerprint density at radius 1 is 1.71 bits per heavy atom. The fourth-order valence-electron chi connectivity index (χ4n) is 2.29. The van der Waals surface area contributed by atoms with Gasteiger partial charge in [0.2, 0.25) is 0 Å². The van der Waals surface area contributed by atoms with Gasteiger partial charge in [0.05, 0.1) is 11.3 Å². The Balaban J connectivity index is 2.38. The summed E-state index contributed by atoms with van der Waals surface area (Å²) in [5, 5.41) is 14.7. The second-order valence-electron chi connectivity index (χ2n) is 4.09. The maximum Gasteiger partial charge on any atom is 0.0941 e. The molecule has 1 aliphatic carbocycles. The summed E-state index contributed by atoms with van der Waals surface area (Å²) in [6, 6.07) is 0. The van der Waals surface area contributed by atoms with E-state index in [-0.39, 0.29) is 0 Å². The van der Waals surface area contributed by atoms with E-state index in [4.69, 9.17) is 5.73 Å². The van der Waals surface area contributed by atoms with E-state index in [0.717, 1.165) is 30.5 Å². The molecule has 0 spiro atoms. The highest BCUT2D eigenvalue weighted by atomic mass is 16.3. The lowest BCUT2D eigenvalue weighted by Crippen LogP contribution is -2.32. The molecule has 0 saturated carbocycles. The van der Waals surface area contributed by atoms with Crippen molar-refractivity contribution >= 4 is 0 Å². The van der Waals surface area contributed by atoms with Gasteiger partial charge in [0.1, 0.15) is 0 Å². The largest absolute Gasteiger partial charge is 0.385 e. The summed E-state index contributed by atoms with van der Waals surface area (Å²) in [6.45, 7) is 0.519. The van der Waals surface area contributed by atoms with Crippen molar-refractivity contribution in [2.24, 2.45) is 12.8 Å². The highest BCUT2D eigenvalue weighted by Crippen LogP contribution is 2.36. The zero-order chi connectivity index (χ0) is 10.2. The summed E-state index contributed by atoms with van der Waals surface area (Å²) in [5.41, 5.74) is 6.82. The van der Waals surface area contributed by atoms with Crippen LogP contribution in [0.5, 0.6) is 0 Å². The molecule has 1 aliphatic rings. The summed E-state index contributed by atoms with van der Waals surface area (Å²) < 4.78 is 1.78. The summed E-state index contributed by atoms with van der Waals surface area (Å²) in [7, 11) is 1.89. The summed E-state index contributed by atoms with van der Waals surface area (Å²) in [4.78, 5) is 0. The molecule has 0 amide bonds. The van der Waals surface area contributed by atoms with Crippen LogP contribution in [0.3, 0.4) is 0 Å². The first-order valence-corrected chi connectivity index (χ1v) is 5.11. The van der Waals surface area contributed by atoms with E-state index in [2.05, 4.69) is 5.10 Å². The van der Waals surface area contributed by atoms with E-state index < -0.39 is 5.60 Å². The lowest BCUT2D eigenvalue weighted by molar-refractivity contribution is 0.0124. The van der Waals surface area contributed by atoms with Crippen molar-refractivity contribution in [2.75, 3.05) is 6.54 Å². The van der Waals surface area contributed by atoms with E-state index in [1.165, 1.54) is 0 Å². The second kappa shape index (κ2) is 3.37. The third-order valence-electron chi connectivity index (χ3n) is 2.97.